The Morgan fingerprint density at radius 1 is 0.509 bits per heavy atom. The van der Waals surface area contributed by atoms with E-state index in [1.165, 1.54) is 12.1 Å². The number of esters is 6. The third kappa shape index (κ3) is 10.2. The minimum atomic E-state index is -0.629. The highest BCUT2D eigenvalue weighted by Gasteiger charge is 2.16. The molecule has 0 heterocycles. The summed E-state index contributed by atoms with van der Waals surface area (Å²) in [6.07, 6.45) is 1.76. The van der Waals surface area contributed by atoms with Gasteiger partial charge < -0.3 is 28.4 Å². The van der Waals surface area contributed by atoms with E-state index >= 15 is 0 Å². The van der Waals surface area contributed by atoms with Crippen molar-refractivity contribution in [1.82, 2.24) is 0 Å². The number of hydrogen-bond acceptors (Lipinski definition) is 12. The maximum atomic E-state index is 13.0. The van der Waals surface area contributed by atoms with Crippen LogP contribution in [0.3, 0.4) is 0 Å². The first-order chi connectivity index (χ1) is 25.5. The lowest BCUT2D eigenvalue weighted by molar-refractivity contribution is -0.143. The van der Waals surface area contributed by atoms with E-state index in [0.29, 0.717) is 38.6 Å². The fraction of sp³-hybridized carbons (Fsp3) is 0.122. The van der Waals surface area contributed by atoms with Crippen LogP contribution in [0.5, 0.6) is 23.0 Å². The van der Waals surface area contributed by atoms with Crippen molar-refractivity contribution in [3.05, 3.63) is 133 Å². The molecule has 5 rings (SSSR count). The zero-order valence-corrected chi connectivity index (χ0v) is 28.5. The topological polar surface area (TPSA) is 158 Å². The Kier molecular flexibility index (Phi) is 12.1. The van der Waals surface area contributed by atoms with Crippen LogP contribution in [-0.2, 0) is 28.7 Å². The van der Waals surface area contributed by atoms with Crippen LogP contribution in [0.1, 0.15) is 39.1 Å². The predicted octanol–water partition coefficient (Wildman–Crippen LogP) is 6.79. The molecular formula is C41H32O12. The largest absolute Gasteiger partial charge is 0.462 e. The summed E-state index contributed by atoms with van der Waals surface area (Å²) in [4.78, 5) is 72.4. The minimum Gasteiger partial charge on any atom is -0.462 e. The van der Waals surface area contributed by atoms with Gasteiger partial charge in [-0.3, -0.25) is 9.59 Å². The molecule has 0 unspecified atom stereocenters. The number of carbonyl (C=O) groups excluding carboxylic acids is 6. The Morgan fingerprint density at radius 2 is 0.925 bits per heavy atom. The molecule has 0 saturated carbocycles. The molecule has 0 aliphatic heterocycles. The second-order valence-electron chi connectivity index (χ2n) is 11.3. The quantitative estimate of drug-likeness (QED) is 0.0674. The average Bonchev–Trinajstić information content (AvgIpc) is 3.15. The van der Waals surface area contributed by atoms with Gasteiger partial charge in [0, 0.05) is 12.2 Å². The standard InChI is InChI=1S/C41H32O12/c1-4-36(42)48-18-16-38(44)50-33-12-10-26-21-30(8-6-28(26)23-33)40(46)52-32-14-15-35(25(3)20-32)53-41(47)31-9-7-29-24-34(13-11-27(29)22-31)51-39(45)17-19-49-37(43)5-2/h4-15,20-24H,1-2,16-19H2,3H3. The molecule has 0 N–H and O–H groups in total. The monoisotopic (exact) mass is 716 g/mol. The van der Waals surface area contributed by atoms with E-state index in [2.05, 4.69) is 13.2 Å². The molecule has 0 aromatic heterocycles. The zero-order valence-electron chi connectivity index (χ0n) is 28.5. The first kappa shape index (κ1) is 37.2. The summed E-state index contributed by atoms with van der Waals surface area (Å²) in [5.41, 5.74) is 1.12. The summed E-state index contributed by atoms with van der Waals surface area (Å²) in [6, 6.07) is 24.3. The van der Waals surface area contributed by atoms with Crippen molar-refractivity contribution < 1.29 is 57.2 Å². The summed E-state index contributed by atoms with van der Waals surface area (Å²) in [7, 11) is 0. The highest BCUT2D eigenvalue weighted by molar-refractivity contribution is 5.98. The third-order valence-electron chi connectivity index (χ3n) is 7.55. The number of rotatable bonds is 14. The van der Waals surface area contributed by atoms with Crippen molar-refractivity contribution in [3.8, 4) is 23.0 Å². The van der Waals surface area contributed by atoms with Crippen LogP contribution < -0.4 is 18.9 Å². The lowest BCUT2D eigenvalue weighted by Crippen LogP contribution is -2.13. The van der Waals surface area contributed by atoms with Crippen LogP contribution >= 0.6 is 0 Å². The second-order valence-corrected chi connectivity index (χ2v) is 11.3. The Morgan fingerprint density at radius 3 is 1.40 bits per heavy atom. The van der Waals surface area contributed by atoms with Crippen LogP contribution in [0.15, 0.2) is 116 Å². The van der Waals surface area contributed by atoms with E-state index in [9.17, 15) is 28.8 Å². The average molecular weight is 717 g/mol. The summed E-state index contributed by atoms with van der Waals surface area (Å²) in [6.45, 7) is 8.02. The van der Waals surface area contributed by atoms with E-state index in [4.69, 9.17) is 28.4 Å². The van der Waals surface area contributed by atoms with Gasteiger partial charge in [-0.25, -0.2) is 19.2 Å². The van der Waals surface area contributed by atoms with Crippen molar-refractivity contribution >= 4 is 57.4 Å². The molecule has 5 aromatic carbocycles. The van der Waals surface area contributed by atoms with Gasteiger partial charge in [0.15, 0.2) is 0 Å². The fourth-order valence-electron chi connectivity index (χ4n) is 4.91. The van der Waals surface area contributed by atoms with Gasteiger partial charge >= 0.3 is 35.8 Å². The van der Waals surface area contributed by atoms with Crippen LogP contribution in [0.2, 0.25) is 0 Å². The van der Waals surface area contributed by atoms with Crippen molar-refractivity contribution in [3.63, 3.8) is 0 Å². The SMILES string of the molecule is C=CC(=O)OCCC(=O)Oc1ccc2cc(C(=O)Oc3ccc(OC(=O)c4ccc5cc(OC(=O)CCOC(=O)C=C)ccc5c4)c(C)c3)ccc2c1. The maximum Gasteiger partial charge on any atom is 0.343 e. The van der Waals surface area contributed by atoms with E-state index < -0.39 is 35.8 Å². The Balaban J connectivity index is 1.15. The van der Waals surface area contributed by atoms with Crippen LogP contribution in [0, 0.1) is 6.92 Å². The third-order valence-corrected chi connectivity index (χ3v) is 7.55. The van der Waals surface area contributed by atoms with Crippen LogP contribution in [-0.4, -0.2) is 49.0 Å². The molecule has 0 amide bonds. The molecule has 53 heavy (non-hydrogen) atoms. The number of fused-ring (bicyclic) bond motifs is 2. The minimum absolute atomic E-state index is 0.124. The van der Waals surface area contributed by atoms with Gasteiger partial charge in [0.25, 0.3) is 0 Å². The molecule has 0 saturated heterocycles. The summed E-state index contributed by atoms with van der Waals surface area (Å²) in [5, 5.41) is 2.84. The molecule has 12 heteroatoms. The lowest BCUT2D eigenvalue weighted by atomic mass is 10.1. The molecule has 5 aromatic rings. The molecule has 0 spiro atoms. The molecule has 0 fully saturated rings. The smallest absolute Gasteiger partial charge is 0.343 e. The van der Waals surface area contributed by atoms with Gasteiger partial charge in [0.1, 0.15) is 36.2 Å². The van der Waals surface area contributed by atoms with Gasteiger partial charge in [-0.1, -0.05) is 37.4 Å². The van der Waals surface area contributed by atoms with Gasteiger partial charge in [-0.05, 0) is 101 Å². The van der Waals surface area contributed by atoms with Gasteiger partial charge in [-0.2, -0.15) is 0 Å². The molecule has 0 radical (unpaired) electrons. The van der Waals surface area contributed by atoms with Gasteiger partial charge in [0.2, 0.25) is 0 Å². The Hall–Kier alpha value is -7.08. The van der Waals surface area contributed by atoms with Crippen LogP contribution in [0.25, 0.3) is 21.5 Å². The van der Waals surface area contributed by atoms with Crippen molar-refractivity contribution in [2.75, 3.05) is 13.2 Å². The number of carbonyl (C=O) groups is 6. The molecule has 268 valence electrons. The van der Waals surface area contributed by atoms with E-state index in [-0.39, 0.29) is 48.7 Å². The second kappa shape index (κ2) is 17.2. The number of benzene rings is 5. The van der Waals surface area contributed by atoms with Crippen molar-refractivity contribution in [1.29, 1.82) is 0 Å². The van der Waals surface area contributed by atoms with E-state index in [0.717, 1.165) is 12.2 Å². The highest BCUT2D eigenvalue weighted by atomic mass is 16.6. The predicted molar refractivity (Wildman–Crippen MR) is 192 cm³/mol. The number of ether oxygens (including phenoxy) is 6. The first-order valence-corrected chi connectivity index (χ1v) is 16.1. The first-order valence-electron chi connectivity index (χ1n) is 16.1. The maximum absolute atomic E-state index is 13.0. The summed E-state index contributed by atoms with van der Waals surface area (Å²) >= 11 is 0. The molecule has 12 nitrogen and oxygen atoms in total. The van der Waals surface area contributed by atoms with E-state index in [1.54, 1.807) is 85.8 Å². The molecule has 0 aliphatic carbocycles. The van der Waals surface area contributed by atoms with E-state index in [1.807, 2.05) is 0 Å². The van der Waals surface area contributed by atoms with Gasteiger partial charge in [0.05, 0.1) is 24.0 Å². The summed E-state index contributed by atoms with van der Waals surface area (Å²) in [5.74, 6) is -2.52. The zero-order chi connectivity index (χ0) is 37.9. The Bertz CT molecular complexity index is 2270. The number of hydrogen-bond donors (Lipinski definition) is 0. The normalized spacial score (nSPS) is 10.5. The van der Waals surface area contributed by atoms with Gasteiger partial charge in [-0.15, -0.1) is 0 Å². The molecule has 0 aliphatic rings. The summed E-state index contributed by atoms with van der Waals surface area (Å²) < 4.78 is 31.4. The molecular weight excluding hydrogens is 684 g/mol. The highest BCUT2D eigenvalue weighted by Crippen LogP contribution is 2.28. The number of aryl methyl sites for hydroxylation is 1. The molecule has 0 atom stereocenters. The van der Waals surface area contributed by atoms with Crippen molar-refractivity contribution in [2.45, 2.75) is 19.8 Å². The fourth-order valence-corrected chi connectivity index (χ4v) is 4.91. The molecule has 0 bridgehead atoms. The lowest BCUT2D eigenvalue weighted by Gasteiger charge is -2.11. The Labute approximate surface area is 303 Å². The van der Waals surface area contributed by atoms with Crippen molar-refractivity contribution in [2.24, 2.45) is 0 Å². The van der Waals surface area contributed by atoms with Crippen LogP contribution in [0.4, 0.5) is 0 Å².